The van der Waals surface area contributed by atoms with Crippen molar-refractivity contribution in [3.63, 3.8) is 0 Å². The first-order valence-electron chi connectivity index (χ1n) is 6.06. The van der Waals surface area contributed by atoms with E-state index in [4.69, 9.17) is 5.11 Å². The molecule has 0 amide bonds. The number of aromatic nitrogens is 1. The molecule has 0 fully saturated rings. The normalized spacial score (nSPS) is 10.6. The molecule has 1 heterocycles. The molecular formula is C15H14FNO2S. The van der Waals surface area contributed by atoms with E-state index in [1.54, 1.807) is 12.1 Å². The Morgan fingerprint density at radius 2 is 2.10 bits per heavy atom. The van der Waals surface area contributed by atoms with Gasteiger partial charge in [-0.2, -0.15) is 0 Å². The van der Waals surface area contributed by atoms with E-state index < -0.39 is 11.8 Å². The van der Waals surface area contributed by atoms with E-state index in [2.05, 4.69) is 4.98 Å². The predicted molar refractivity (Wildman–Crippen MR) is 76.6 cm³/mol. The highest BCUT2D eigenvalue weighted by molar-refractivity contribution is 7.98. The summed E-state index contributed by atoms with van der Waals surface area (Å²) in [6, 6.07) is 8.31. The number of benzene rings is 1. The molecule has 0 saturated carbocycles. The first-order chi connectivity index (χ1) is 9.47. The molecule has 0 aliphatic heterocycles. The van der Waals surface area contributed by atoms with Crippen LogP contribution in [-0.4, -0.2) is 16.1 Å². The molecule has 0 saturated heterocycles. The topological polar surface area (TPSA) is 50.2 Å². The quantitative estimate of drug-likeness (QED) is 0.870. The van der Waals surface area contributed by atoms with Gasteiger partial charge < -0.3 is 5.11 Å². The summed E-state index contributed by atoms with van der Waals surface area (Å²) in [4.78, 5) is 15.2. The van der Waals surface area contributed by atoms with Crippen LogP contribution in [0.15, 0.2) is 35.4 Å². The van der Waals surface area contributed by atoms with Gasteiger partial charge in [0.25, 0.3) is 0 Å². The Balaban J connectivity index is 2.19. The van der Waals surface area contributed by atoms with Crippen molar-refractivity contribution >= 4 is 17.7 Å². The zero-order valence-electron chi connectivity index (χ0n) is 11.2. The summed E-state index contributed by atoms with van der Waals surface area (Å²) in [5.41, 5.74) is 2.08. The van der Waals surface area contributed by atoms with Crippen LogP contribution in [0.25, 0.3) is 0 Å². The first-order valence-corrected chi connectivity index (χ1v) is 7.04. The predicted octanol–water partition coefficient (Wildman–Crippen LogP) is 3.83. The lowest BCUT2D eigenvalue weighted by Gasteiger charge is -2.06. The highest BCUT2D eigenvalue weighted by atomic mass is 32.2. The molecule has 0 unspecified atom stereocenters. The van der Waals surface area contributed by atoms with Gasteiger partial charge in [-0.3, -0.25) is 0 Å². The van der Waals surface area contributed by atoms with Crippen LogP contribution in [0.1, 0.15) is 27.2 Å². The molecule has 0 aliphatic rings. The number of aryl methyl sites for hydroxylation is 2. The average Bonchev–Trinajstić information content (AvgIpc) is 2.36. The second-order valence-electron chi connectivity index (χ2n) is 4.50. The fourth-order valence-electron chi connectivity index (χ4n) is 1.89. The van der Waals surface area contributed by atoms with Gasteiger partial charge in [-0.25, -0.2) is 14.2 Å². The third-order valence-electron chi connectivity index (χ3n) is 2.76. The molecule has 3 nitrogen and oxygen atoms in total. The van der Waals surface area contributed by atoms with Crippen LogP contribution in [-0.2, 0) is 5.75 Å². The van der Waals surface area contributed by atoms with E-state index in [1.165, 1.54) is 17.8 Å². The maximum Gasteiger partial charge on any atom is 0.338 e. The van der Waals surface area contributed by atoms with Crippen molar-refractivity contribution in [2.24, 2.45) is 0 Å². The lowest BCUT2D eigenvalue weighted by molar-refractivity contribution is 0.0691. The van der Waals surface area contributed by atoms with Gasteiger partial charge >= 0.3 is 5.97 Å². The van der Waals surface area contributed by atoms with Gasteiger partial charge in [0.15, 0.2) is 0 Å². The highest BCUT2D eigenvalue weighted by Gasteiger charge is 2.13. The average molecular weight is 291 g/mol. The maximum absolute atomic E-state index is 14.0. The minimum absolute atomic E-state index is 0.295. The van der Waals surface area contributed by atoms with E-state index in [0.717, 1.165) is 16.3 Å². The molecule has 0 bridgehead atoms. The van der Waals surface area contributed by atoms with Crippen molar-refractivity contribution in [1.82, 2.24) is 4.98 Å². The number of nitrogens with zero attached hydrogens (tertiary/aromatic N) is 1. The molecule has 1 aromatic carbocycles. The van der Waals surface area contributed by atoms with Gasteiger partial charge in [0, 0.05) is 11.4 Å². The van der Waals surface area contributed by atoms with Crippen molar-refractivity contribution in [2.75, 3.05) is 0 Å². The van der Waals surface area contributed by atoms with Crippen molar-refractivity contribution in [2.45, 2.75) is 24.6 Å². The number of carboxylic acid groups (broad SMARTS) is 1. The van der Waals surface area contributed by atoms with Gasteiger partial charge in [0.05, 0.1) is 10.6 Å². The van der Waals surface area contributed by atoms with Gasteiger partial charge in [-0.15, -0.1) is 11.8 Å². The SMILES string of the molecule is Cc1cc(C)nc(SCc2cccc(C(=O)O)c2F)c1. The van der Waals surface area contributed by atoms with Crippen LogP contribution in [0.5, 0.6) is 0 Å². The molecule has 0 spiro atoms. The van der Waals surface area contributed by atoms with Crippen LogP contribution in [0.2, 0.25) is 0 Å². The highest BCUT2D eigenvalue weighted by Crippen LogP contribution is 2.24. The molecule has 2 rings (SSSR count). The van der Waals surface area contributed by atoms with Gasteiger partial charge in [-0.05, 0) is 43.2 Å². The lowest BCUT2D eigenvalue weighted by atomic mass is 10.1. The van der Waals surface area contributed by atoms with Crippen LogP contribution in [0, 0.1) is 19.7 Å². The summed E-state index contributed by atoms with van der Waals surface area (Å²) >= 11 is 1.39. The van der Waals surface area contributed by atoms with Gasteiger partial charge in [-0.1, -0.05) is 12.1 Å². The summed E-state index contributed by atoms with van der Waals surface area (Å²) in [6.45, 7) is 3.88. The number of aromatic carboxylic acids is 1. The smallest absolute Gasteiger partial charge is 0.338 e. The summed E-state index contributed by atoms with van der Waals surface area (Å²) in [7, 11) is 0. The van der Waals surface area contributed by atoms with Crippen molar-refractivity contribution in [1.29, 1.82) is 0 Å². The van der Waals surface area contributed by atoms with E-state index in [0.29, 0.717) is 11.3 Å². The third kappa shape index (κ3) is 3.36. The second kappa shape index (κ2) is 6.05. The van der Waals surface area contributed by atoms with Crippen LogP contribution >= 0.6 is 11.8 Å². The first kappa shape index (κ1) is 14.5. The lowest BCUT2D eigenvalue weighted by Crippen LogP contribution is -2.03. The zero-order valence-corrected chi connectivity index (χ0v) is 12.0. The molecule has 1 N–H and O–H groups in total. The number of carbonyl (C=O) groups is 1. The molecule has 5 heteroatoms. The summed E-state index contributed by atoms with van der Waals surface area (Å²) < 4.78 is 14.0. The van der Waals surface area contributed by atoms with E-state index in [9.17, 15) is 9.18 Å². The summed E-state index contributed by atoms with van der Waals surface area (Å²) in [6.07, 6.45) is 0. The van der Waals surface area contributed by atoms with Crippen LogP contribution in [0.3, 0.4) is 0 Å². The minimum Gasteiger partial charge on any atom is -0.478 e. The van der Waals surface area contributed by atoms with E-state index in [1.807, 2.05) is 26.0 Å². The van der Waals surface area contributed by atoms with E-state index >= 15 is 0 Å². The molecule has 0 atom stereocenters. The van der Waals surface area contributed by atoms with Crippen LogP contribution < -0.4 is 0 Å². The van der Waals surface area contributed by atoms with Crippen molar-refractivity contribution in [3.05, 3.63) is 58.5 Å². The Hall–Kier alpha value is -1.88. The number of rotatable bonds is 4. The fourth-order valence-corrected chi connectivity index (χ4v) is 2.89. The maximum atomic E-state index is 14.0. The van der Waals surface area contributed by atoms with Crippen molar-refractivity contribution in [3.8, 4) is 0 Å². The molecular weight excluding hydrogens is 277 g/mol. The summed E-state index contributed by atoms with van der Waals surface area (Å²) in [5.74, 6) is -1.57. The van der Waals surface area contributed by atoms with Gasteiger partial charge in [0.2, 0.25) is 0 Å². The Labute approximate surface area is 120 Å². The number of hydrogen-bond donors (Lipinski definition) is 1. The minimum atomic E-state index is -1.25. The van der Waals surface area contributed by atoms with Crippen molar-refractivity contribution < 1.29 is 14.3 Å². The number of thioether (sulfide) groups is 1. The second-order valence-corrected chi connectivity index (χ2v) is 5.49. The molecule has 2 aromatic rings. The summed E-state index contributed by atoms with van der Waals surface area (Å²) in [5, 5.41) is 9.70. The molecule has 0 radical (unpaired) electrons. The Morgan fingerprint density at radius 3 is 2.75 bits per heavy atom. The monoisotopic (exact) mass is 291 g/mol. The zero-order chi connectivity index (χ0) is 14.7. The molecule has 20 heavy (non-hydrogen) atoms. The largest absolute Gasteiger partial charge is 0.478 e. The Bertz CT molecular complexity index is 638. The number of hydrogen-bond acceptors (Lipinski definition) is 3. The Morgan fingerprint density at radius 1 is 1.35 bits per heavy atom. The number of halogens is 1. The number of pyridine rings is 1. The third-order valence-corrected chi connectivity index (χ3v) is 3.72. The number of carboxylic acids is 1. The molecule has 104 valence electrons. The standard InChI is InChI=1S/C15H14FNO2S/c1-9-6-10(2)17-13(7-9)20-8-11-4-3-5-12(14(11)16)15(18)19/h3-7H,8H2,1-2H3,(H,18,19). The van der Waals surface area contributed by atoms with Gasteiger partial charge in [0.1, 0.15) is 5.82 Å². The molecule has 0 aliphatic carbocycles. The van der Waals surface area contributed by atoms with E-state index in [-0.39, 0.29) is 5.56 Å². The van der Waals surface area contributed by atoms with Crippen LogP contribution in [0.4, 0.5) is 4.39 Å². The molecule has 1 aromatic heterocycles. The Kier molecular flexibility index (Phi) is 4.39. The fraction of sp³-hybridized carbons (Fsp3) is 0.200.